The van der Waals surface area contributed by atoms with Gasteiger partial charge in [-0.05, 0) is 25.8 Å². The standard InChI is InChI=1S/C11H19ClN2/c1-2-11-6-4-3-5-7-14(11)9-10(12)8-13/h10-11H,2-7,9H2,1H3. The number of hydrogen-bond donors (Lipinski definition) is 0. The lowest BCUT2D eigenvalue weighted by Crippen LogP contribution is -2.38. The van der Waals surface area contributed by atoms with Gasteiger partial charge in [-0.25, -0.2) is 0 Å². The minimum atomic E-state index is -0.345. The summed E-state index contributed by atoms with van der Waals surface area (Å²) in [4.78, 5) is 2.40. The maximum absolute atomic E-state index is 8.69. The number of nitriles is 1. The molecule has 1 aliphatic rings. The summed E-state index contributed by atoms with van der Waals surface area (Å²) >= 11 is 5.87. The molecule has 1 fully saturated rings. The van der Waals surface area contributed by atoms with Gasteiger partial charge in [0.2, 0.25) is 0 Å². The average molecular weight is 215 g/mol. The molecule has 0 aromatic heterocycles. The first-order valence-corrected chi connectivity index (χ1v) is 5.99. The number of halogens is 1. The molecule has 0 amide bonds. The molecule has 1 saturated heterocycles. The Morgan fingerprint density at radius 3 is 2.93 bits per heavy atom. The zero-order valence-electron chi connectivity index (χ0n) is 8.88. The largest absolute Gasteiger partial charge is 0.298 e. The van der Waals surface area contributed by atoms with E-state index in [1.807, 2.05) is 0 Å². The molecular weight excluding hydrogens is 196 g/mol. The average Bonchev–Trinajstić information content (AvgIpc) is 2.42. The Bertz CT molecular complexity index is 200. The van der Waals surface area contributed by atoms with Gasteiger partial charge in [0, 0.05) is 12.6 Å². The molecule has 80 valence electrons. The molecule has 0 spiro atoms. The summed E-state index contributed by atoms with van der Waals surface area (Å²) in [6.45, 7) is 4.07. The lowest BCUT2D eigenvalue weighted by molar-refractivity contribution is 0.200. The zero-order valence-corrected chi connectivity index (χ0v) is 9.63. The summed E-state index contributed by atoms with van der Waals surface area (Å²) in [6, 6.07) is 2.75. The highest BCUT2D eigenvalue weighted by Gasteiger charge is 2.21. The second-order valence-corrected chi connectivity index (χ2v) is 4.53. The topological polar surface area (TPSA) is 27.0 Å². The van der Waals surface area contributed by atoms with Crippen LogP contribution in [0.4, 0.5) is 0 Å². The quantitative estimate of drug-likeness (QED) is 0.676. The van der Waals surface area contributed by atoms with Crippen molar-refractivity contribution >= 4 is 11.6 Å². The zero-order chi connectivity index (χ0) is 10.4. The Kier molecular flexibility index (Phi) is 5.29. The fourth-order valence-electron chi connectivity index (χ4n) is 2.19. The highest BCUT2D eigenvalue weighted by Crippen LogP contribution is 2.19. The van der Waals surface area contributed by atoms with E-state index < -0.39 is 0 Å². The van der Waals surface area contributed by atoms with Crippen LogP contribution in [-0.2, 0) is 0 Å². The molecule has 1 heterocycles. The minimum Gasteiger partial charge on any atom is -0.298 e. The van der Waals surface area contributed by atoms with E-state index in [0.29, 0.717) is 6.04 Å². The summed E-state index contributed by atoms with van der Waals surface area (Å²) in [5.74, 6) is 0. The highest BCUT2D eigenvalue weighted by molar-refractivity contribution is 6.22. The highest BCUT2D eigenvalue weighted by atomic mass is 35.5. The van der Waals surface area contributed by atoms with E-state index in [1.54, 1.807) is 0 Å². The molecule has 0 bridgehead atoms. The lowest BCUT2D eigenvalue weighted by Gasteiger charge is -2.29. The maximum atomic E-state index is 8.69. The first kappa shape index (κ1) is 11.8. The van der Waals surface area contributed by atoms with E-state index >= 15 is 0 Å². The second kappa shape index (κ2) is 6.27. The van der Waals surface area contributed by atoms with Gasteiger partial charge in [-0.15, -0.1) is 11.6 Å². The van der Waals surface area contributed by atoms with E-state index in [2.05, 4.69) is 17.9 Å². The number of nitrogens with zero attached hydrogens (tertiary/aromatic N) is 2. The smallest absolute Gasteiger partial charge is 0.133 e. The van der Waals surface area contributed by atoms with Crippen molar-refractivity contribution in [2.24, 2.45) is 0 Å². The van der Waals surface area contributed by atoms with Crippen molar-refractivity contribution in [2.45, 2.75) is 50.4 Å². The third-order valence-corrected chi connectivity index (χ3v) is 3.24. The van der Waals surface area contributed by atoms with Crippen molar-refractivity contribution in [1.29, 1.82) is 5.26 Å². The van der Waals surface area contributed by atoms with Crippen molar-refractivity contribution < 1.29 is 0 Å². The van der Waals surface area contributed by atoms with Gasteiger partial charge in [0.15, 0.2) is 0 Å². The molecule has 0 N–H and O–H groups in total. The van der Waals surface area contributed by atoms with Gasteiger partial charge in [-0.3, -0.25) is 4.90 Å². The summed E-state index contributed by atoms with van der Waals surface area (Å²) in [6.07, 6.45) is 6.35. The Morgan fingerprint density at radius 1 is 1.50 bits per heavy atom. The van der Waals surface area contributed by atoms with Gasteiger partial charge in [-0.2, -0.15) is 5.26 Å². The van der Waals surface area contributed by atoms with Crippen molar-refractivity contribution in [3.05, 3.63) is 0 Å². The fourth-order valence-corrected chi connectivity index (χ4v) is 2.36. The molecule has 0 aromatic carbocycles. The Morgan fingerprint density at radius 2 is 2.29 bits per heavy atom. The fraction of sp³-hybridized carbons (Fsp3) is 0.909. The molecule has 0 radical (unpaired) electrons. The molecule has 2 nitrogen and oxygen atoms in total. The maximum Gasteiger partial charge on any atom is 0.133 e. The van der Waals surface area contributed by atoms with Gasteiger partial charge in [-0.1, -0.05) is 19.8 Å². The molecule has 1 rings (SSSR count). The summed E-state index contributed by atoms with van der Waals surface area (Å²) in [7, 11) is 0. The number of likely N-dealkylation sites (tertiary alicyclic amines) is 1. The van der Waals surface area contributed by atoms with E-state index in [0.717, 1.165) is 13.1 Å². The van der Waals surface area contributed by atoms with E-state index in [9.17, 15) is 0 Å². The lowest BCUT2D eigenvalue weighted by atomic mass is 10.1. The SMILES string of the molecule is CCC1CCCCCN1CC(Cl)C#N. The predicted molar refractivity (Wildman–Crippen MR) is 59.4 cm³/mol. The first-order chi connectivity index (χ1) is 6.77. The molecule has 1 aliphatic heterocycles. The minimum absolute atomic E-state index is 0.345. The second-order valence-electron chi connectivity index (χ2n) is 4.00. The van der Waals surface area contributed by atoms with Crippen molar-refractivity contribution in [3.8, 4) is 6.07 Å². The van der Waals surface area contributed by atoms with Crippen molar-refractivity contribution in [2.75, 3.05) is 13.1 Å². The molecular formula is C11H19ClN2. The van der Waals surface area contributed by atoms with Crippen LogP contribution < -0.4 is 0 Å². The molecule has 3 heteroatoms. The molecule has 0 saturated carbocycles. The Labute approximate surface area is 91.8 Å². The predicted octanol–water partition coefficient (Wildman–Crippen LogP) is 2.77. The van der Waals surface area contributed by atoms with E-state index in [1.165, 1.54) is 32.1 Å². The van der Waals surface area contributed by atoms with Crippen molar-refractivity contribution in [3.63, 3.8) is 0 Å². The van der Waals surface area contributed by atoms with Gasteiger partial charge in [0.25, 0.3) is 0 Å². The van der Waals surface area contributed by atoms with E-state index in [-0.39, 0.29) is 5.38 Å². The van der Waals surface area contributed by atoms with Gasteiger partial charge in [0.1, 0.15) is 5.38 Å². The third kappa shape index (κ3) is 3.48. The van der Waals surface area contributed by atoms with Crippen LogP contribution in [0.15, 0.2) is 0 Å². The number of rotatable bonds is 3. The Balaban J connectivity index is 2.48. The molecule has 2 atom stereocenters. The number of alkyl halides is 1. The normalized spacial score (nSPS) is 26.5. The first-order valence-electron chi connectivity index (χ1n) is 5.55. The molecule has 2 unspecified atom stereocenters. The van der Waals surface area contributed by atoms with Crippen LogP contribution in [0.2, 0.25) is 0 Å². The van der Waals surface area contributed by atoms with Gasteiger partial charge >= 0.3 is 0 Å². The van der Waals surface area contributed by atoms with Crippen LogP contribution in [-0.4, -0.2) is 29.4 Å². The van der Waals surface area contributed by atoms with E-state index in [4.69, 9.17) is 16.9 Å². The van der Waals surface area contributed by atoms with Crippen LogP contribution in [0, 0.1) is 11.3 Å². The van der Waals surface area contributed by atoms with Crippen LogP contribution in [0.5, 0.6) is 0 Å². The van der Waals surface area contributed by atoms with Crippen LogP contribution in [0.25, 0.3) is 0 Å². The van der Waals surface area contributed by atoms with Crippen LogP contribution in [0.3, 0.4) is 0 Å². The third-order valence-electron chi connectivity index (χ3n) is 3.01. The Hall–Kier alpha value is -0.260. The van der Waals surface area contributed by atoms with Crippen molar-refractivity contribution in [1.82, 2.24) is 4.90 Å². The summed E-state index contributed by atoms with van der Waals surface area (Å²) < 4.78 is 0. The van der Waals surface area contributed by atoms with Gasteiger partial charge in [0.05, 0.1) is 6.07 Å². The molecule has 14 heavy (non-hydrogen) atoms. The summed E-state index contributed by atoms with van der Waals surface area (Å²) in [5.41, 5.74) is 0. The van der Waals surface area contributed by atoms with Gasteiger partial charge < -0.3 is 0 Å². The molecule has 0 aromatic rings. The van der Waals surface area contributed by atoms with Crippen LogP contribution >= 0.6 is 11.6 Å². The summed E-state index contributed by atoms with van der Waals surface area (Å²) in [5, 5.41) is 8.34. The monoisotopic (exact) mass is 214 g/mol. The number of hydrogen-bond acceptors (Lipinski definition) is 2. The molecule has 0 aliphatic carbocycles. The van der Waals surface area contributed by atoms with Crippen LogP contribution in [0.1, 0.15) is 39.0 Å².